The van der Waals surface area contributed by atoms with Crippen LogP contribution in [0.15, 0.2) is 0 Å². The van der Waals surface area contributed by atoms with E-state index in [4.69, 9.17) is 4.74 Å². The Morgan fingerprint density at radius 1 is 1.15 bits per heavy atom. The minimum Gasteiger partial charge on any atom is -0.461 e. The molecule has 74 valence electrons. The van der Waals surface area contributed by atoms with Gasteiger partial charge in [-0.1, -0.05) is 0 Å². The molecule has 3 heteroatoms. The van der Waals surface area contributed by atoms with Crippen molar-refractivity contribution in [2.45, 2.75) is 50.7 Å². The summed E-state index contributed by atoms with van der Waals surface area (Å²) in [6, 6.07) is -0.0133. The van der Waals surface area contributed by atoms with E-state index >= 15 is 0 Å². The second kappa shape index (κ2) is 4.09. The summed E-state index contributed by atoms with van der Waals surface area (Å²) in [5.74, 6) is -0.0237. The lowest BCUT2D eigenvalue weighted by molar-refractivity contribution is -0.150. The zero-order chi connectivity index (χ0) is 9.10. The average molecular weight is 183 g/mol. The number of carbonyl (C=O) groups is 1. The monoisotopic (exact) mass is 183 g/mol. The van der Waals surface area contributed by atoms with Crippen LogP contribution in [0.1, 0.15) is 38.5 Å². The lowest BCUT2D eigenvalue weighted by Crippen LogP contribution is -2.34. The Labute approximate surface area is 78.8 Å². The molecular weight excluding hydrogens is 166 g/mol. The molecule has 1 atom stereocenters. The van der Waals surface area contributed by atoms with Gasteiger partial charge in [-0.15, -0.1) is 0 Å². The van der Waals surface area contributed by atoms with Gasteiger partial charge < -0.3 is 10.1 Å². The standard InChI is InChI=1S/C10H17NO2/c12-10(9-6-3-7-11-9)13-8-4-1-2-5-8/h8-9,11H,1-7H2. The van der Waals surface area contributed by atoms with Crippen LogP contribution in [0.5, 0.6) is 0 Å². The number of rotatable bonds is 2. The molecule has 0 amide bonds. The van der Waals surface area contributed by atoms with E-state index in [1.54, 1.807) is 0 Å². The Morgan fingerprint density at radius 3 is 2.54 bits per heavy atom. The molecule has 1 heterocycles. The van der Waals surface area contributed by atoms with Crippen LogP contribution < -0.4 is 5.32 Å². The van der Waals surface area contributed by atoms with Gasteiger partial charge in [0, 0.05) is 0 Å². The Kier molecular flexibility index (Phi) is 2.83. The maximum atomic E-state index is 11.5. The highest BCUT2D eigenvalue weighted by Gasteiger charge is 2.27. The first-order valence-corrected chi connectivity index (χ1v) is 5.30. The SMILES string of the molecule is O=C(OC1CCCC1)C1CCCN1. The van der Waals surface area contributed by atoms with Crippen LogP contribution in [-0.4, -0.2) is 24.7 Å². The summed E-state index contributed by atoms with van der Waals surface area (Å²) in [6.07, 6.45) is 6.84. The molecule has 0 bridgehead atoms. The number of ether oxygens (including phenoxy) is 1. The van der Waals surface area contributed by atoms with Gasteiger partial charge in [0.1, 0.15) is 12.1 Å². The van der Waals surface area contributed by atoms with E-state index in [0.29, 0.717) is 0 Å². The van der Waals surface area contributed by atoms with Gasteiger partial charge in [-0.2, -0.15) is 0 Å². The number of hydrogen-bond donors (Lipinski definition) is 1. The maximum absolute atomic E-state index is 11.5. The first-order chi connectivity index (χ1) is 6.36. The van der Waals surface area contributed by atoms with Crippen molar-refractivity contribution in [3.05, 3.63) is 0 Å². The zero-order valence-electron chi connectivity index (χ0n) is 7.92. The smallest absolute Gasteiger partial charge is 0.323 e. The molecule has 13 heavy (non-hydrogen) atoms. The molecule has 3 nitrogen and oxygen atoms in total. The molecule has 0 aromatic heterocycles. The number of nitrogens with one attached hydrogen (secondary N) is 1. The molecule has 0 aromatic carbocycles. The molecular formula is C10H17NO2. The molecule has 1 aliphatic heterocycles. The lowest BCUT2D eigenvalue weighted by Gasteiger charge is -2.14. The first-order valence-electron chi connectivity index (χ1n) is 5.30. The second-order valence-electron chi connectivity index (χ2n) is 3.99. The van der Waals surface area contributed by atoms with Crippen LogP contribution in [0, 0.1) is 0 Å². The van der Waals surface area contributed by atoms with Crippen molar-refractivity contribution in [1.29, 1.82) is 0 Å². The molecule has 1 aliphatic carbocycles. The predicted octanol–water partition coefficient (Wildman–Crippen LogP) is 1.22. The van der Waals surface area contributed by atoms with Gasteiger partial charge in [-0.05, 0) is 45.1 Å². The topological polar surface area (TPSA) is 38.3 Å². The van der Waals surface area contributed by atoms with Crippen molar-refractivity contribution in [2.75, 3.05) is 6.54 Å². The Bertz CT molecular complexity index is 181. The molecule has 0 radical (unpaired) electrons. The van der Waals surface area contributed by atoms with Crippen LogP contribution in [0.3, 0.4) is 0 Å². The summed E-state index contributed by atoms with van der Waals surface area (Å²) in [4.78, 5) is 11.5. The van der Waals surface area contributed by atoms with E-state index < -0.39 is 0 Å². The zero-order valence-corrected chi connectivity index (χ0v) is 7.92. The Balaban J connectivity index is 1.76. The highest BCUT2D eigenvalue weighted by molar-refractivity contribution is 5.76. The highest BCUT2D eigenvalue weighted by atomic mass is 16.5. The summed E-state index contributed by atoms with van der Waals surface area (Å²) in [5.41, 5.74) is 0. The van der Waals surface area contributed by atoms with E-state index in [0.717, 1.165) is 32.2 Å². The fraction of sp³-hybridized carbons (Fsp3) is 0.900. The second-order valence-corrected chi connectivity index (χ2v) is 3.99. The molecule has 1 saturated carbocycles. The van der Waals surface area contributed by atoms with E-state index in [1.165, 1.54) is 12.8 Å². The van der Waals surface area contributed by atoms with Crippen molar-refractivity contribution >= 4 is 5.97 Å². The summed E-state index contributed by atoms with van der Waals surface area (Å²) < 4.78 is 5.39. The van der Waals surface area contributed by atoms with Gasteiger partial charge in [-0.25, -0.2) is 0 Å². The average Bonchev–Trinajstić information content (AvgIpc) is 2.74. The summed E-state index contributed by atoms with van der Waals surface area (Å²) >= 11 is 0. The highest BCUT2D eigenvalue weighted by Crippen LogP contribution is 2.22. The molecule has 0 aromatic rings. The van der Waals surface area contributed by atoms with Crippen LogP contribution in [-0.2, 0) is 9.53 Å². The first kappa shape index (κ1) is 9.00. The number of esters is 1. The number of hydrogen-bond acceptors (Lipinski definition) is 3. The van der Waals surface area contributed by atoms with Gasteiger partial charge in [-0.3, -0.25) is 4.79 Å². The molecule has 1 unspecified atom stereocenters. The van der Waals surface area contributed by atoms with Crippen molar-refractivity contribution < 1.29 is 9.53 Å². The predicted molar refractivity (Wildman–Crippen MR) is 49.4 cm³/mol. The van der Waals surface area contributed by atoms with E-state index in [1.807, 2.05) is 0 Å². The van der Waals surface area contributed by atoms with Crippen LogP contribution in [0.25, 0.3) is 0 Å². The minimum absolute atomic E-state index is 0.0133. The summed E-state index contributed by atoms with van der Waals surface area (Å²) in [5, 5.41) is 3.16. The third kappa shape index (κ3) is 2.21. The molecule has 2 aliphatic rings. The molecule has 0 spiro atoms. The Morgan fingerprint density at radius 2 is 1.92 bits per heavy atom. The third-order valence-electron chi connectivity index (χ3n) is 2.93. The fourth-order valence-electron chi connectivity index (χ4n) is 2.14. The molecule has 1 N–H and O–H groups in total. The van der Waals surface area contributed by atoms with Gasteiger partial charge in [0.25, 0.3) is 0 Å². The molecule has 2 fully saturated rings. The summed E-state index contributed by atoms with van der Waals surface area (Å²) in [6.45, 7) is 0.963. The molecule has 2 rings (SSSR count). The maximum Gasteiger partial charge on any atom is 0.323 e. The minimum atomic E-state index is -0.0237. The van der Waals surface area contributed by atoms with Crippen molar-refractivity contribution in [2.24, 2.45) is 0 Å². The van der Waals surface area contributed by atoms with Crippen molar-refractivity contribution in [1.82, 2.24) is 5.32 Å². The van der Waals surface area contributed by atoms with Gasteiger partial charge >= 0.3 is 5.97 Å². The fourth-order valence-corrected chi connectivity index (χ4v) is 2.14. The Hall–Kier alpha value is -0.570. The van der Waals surface area contributed by atoms with Crippen LogP contribution in [0.2, 0.25) is 0 Å². The third-order valence-corrected chi connectivity index (χ3v) is 2.93. The van der Waals surface area contributed by atoms with Crippen molar-refractivity contribution in [3.63, 3.8) is 0 Å². The van der Waals surface area contributed by atoms with E-state index in [-0.39, 0.29) is 18.1 Å². The van der Waals surface area contributed by atoms with Crippen LogP contribution in [0.4, 0.5) is 0 Å². The quantitative estimate of drug-likeness (QED) is 0.654. The largest absolute Gasteiger partial charge is 0.461 e. The van der Waals surface area contributed by atoms with Crippen molar-refractivity contribution in [3.8, 4) is 0 Å². The van der Waals surface area contributed by atoms with Gasteiger partial charge in [0.05, 0.1) is 0 Å². The van der Waals surface area contributed by atoms with E-state index in [2.05, 4.69) is 5.32 Å². The van der Waals surface area contributed by atoms with Crippen LogP contribution >= 0.6 is 0 Å². The van der Waals surface area contributed by atoms with Gasteiger partial charge in [0.15, 0.2) is 0 Å². The van der Waals surface area contributed by atoms with Gasteiger partial charge in [0.2, 0.25) is 0 Å². The summed E-state index contributed by atoms with van der Waals surface area (Å²) in [7, 11) is 0. The lowest BCUT2D eigenvalue weighted by atomic mass is 10.2. The molecule has 1 saturated heterocycles. The number of carbonyl (C=O) groups excluding carboxylic acids is 1. The normalized spacial score (nSPS) is 29.4. The van der Waals surface area contributed by atoms with E-state index in [9.17, 15) is 4.79 Å².